The van der Waals surface area contributed by atoms with Gasteiger partial charge in [0.1, 0.15) is 0 Å². The van der Waals surface area contributed by atoms with Gasteiger partial charge in [-0.25, -0.2) is 0 Å². The molecule has 2 atom stereocenters. The lowest BCUT2D eigenvalue weighted by molar-refractivity contribution is -0.151. The maximum Gasteiger partial charge on any atom is 0.225 e. The van der Waals surface area contributed by atoms with Gasteiger partial charge in [-0.3, -0.25) is 9.59 Å². The van der Waals surface area contributed by atoms with Gasteiger partial charge in [-0.2, -0.15) is 0 Å². The summed E-state index contributed by atoms with van der Waals surface area (Å²) < 4.78 is 0. The van der Waals surface area contributed by atoms with Crippen LogP contribution >= 0.6 is 0 Å². The Morgan fingerprint density at radius 3 is 2.56 bits per heavy atom. The molecule has 2 heterocycles. The molecule has 1 N–H and O–H groups in total. The minimum absolute atomic E-state index is 0.185. The van der Waals surface area contributed by atoms with Crippen LogP contribution in [0.4, 0.5) is 0 Å². The molecule has 27 heavy (non-hydrogen) atoms. The topological polar surface area (TPSA) is 60.9 Å². The average Bonchev–Trinajstić information content (AvgIpc) is 3.22. The molecule has 1 aliphatic carbocycles. The molecule has 2 saturated heterocycles. The van der Waals surface area contributed by atoms with Crippen LogP contribution in [0, 0.1) is 11.3 Å². The van der Waals surface area contributed by atoms with Crippen LogP contribution in [0.2, 0.25) is 0 Å². The summed E-state index contributed by atoms with van der Waals surface area (Å²) in [5.41, 5.74) is -0.330. The lowest BCUT2D eigenvalue weighted by Crippen LogP contribution is -2.61. The van der Waals surface area contributed by atoms with Crippen LogP contribution in [0.25, 0.3) is 0 Å². The van der Waals surface area contributed by atoms with E-state index in [1.165, 1.54) is 0 Å². The lowest BCUT2D eigenvalue weighted by Gasteiger charge is -2.51. The van der Waals surface area contributed by atoms with Gasteiger partial charge in [0.15, 0.2) is 0 Å². The molecule has 5 nitrogen and oxygen atoms in total. The van der Waals surface area contributed by atoms with Crippen LogP contribution in [-0.2, 0) is 9.59 Å². The molecule has 2 aliphatic heterocycles. The fourth-order valence-electron chi connectivity index (χ4n) is 5.24. The first-order valence-corrected chi connectivity index (χ1v) is 10.9. The SMILES string of the molecule is CC=CCCCC(=O)N1CCC[C@]2(C1)CN(C(=O)C1CCCC1)CCC2O. The van der Waals surface area contributed by atoms with Gasteiger partial charge in [0.05, 0.1) is 6.10 Å². The van der Waals surface area contributed by atoms with Crippen LogP contribution < -0.4 is 0 Å². The maximum absolute atomic E-state index is 12.9. The zero-order chi connectivity index (χ0) is 19.3. The number of unbranched alkanes of at least 4 members (excludes halogenated alkanes) is 1. The number of rotatable bonds is 5. The van der Waals surface area contributed by atoms with E-state index in [9.17, 15) is 14.7 Å². The molecule has 3 fully saturated rings. The Labute approximate surface area is 163 Å². The predicted molar refractivity (Wildman–Crippen MR) is 106 cm³/mol. The van der Waals surface area contributed by atoms with E-state index in [0.717, 1.165) is 57.9 Å². The summed E-state index contributed by atoms with van der Waals surface area (Å²) in [7, 11) is 0. The number of carbonyl (C=O) groups is 2. The number of carbonyl (C=O) groups excluding carboxylic acids is 2. The Morgan fingerprint density at radius 2 is 1.81 bits per heavy atom. The van der Waals surface area contributed by atoms with Crippen molar-refractivity contribution in [2.45, 2.75) is 77.2 Å². The van der Waals surface area contributed by atoms with Crippen molar-refractivity contribution in [3.05, 3.63) is 12.2 Å². The fourth-order valence-corrected chi connectivity index (χ4v) is 5.24. The van der Waals surface area contributed by atoms with Crippen LogP contribution in [0.5, 0.6) is 0 Å². The Hall–Kier alpha value is -1.36. The van der Waals surface area contributed by atoms with E-state index in [1.54, 1.807) is 0 Å². The van der Waals surface area contributed by atoms with E-state index >= 15 is 0 Å². The van der Waals surface area contributed by atoms with E-state index in [1.807, 2.05) is 22.8 Å². The van der Waals surface area contributed by atoms with E-state index in [2.05, 4.69) is 6.08 Å². The molecule has 0 bridgehead atoms. The van der Waals surface area contributed by atoms with Crippen LogP contribution in [0.15, 0.2) is 12.2 Å². The fraction of sp³-hybridized carbons (Fsp3) is 0.818. The zero-order valence-electron chi connectivity index (χ0n) is 16.9. The molecule has 5 heteroatoms. The maximum atomic E-state index is 12.9. The Bertz CT molecular complexity index is 556. The first-order chi connectivity index (χ1) is 13.1. The molecule has 1 saturated carbocycles. The van der Waals surface area contributed by atoms with E-state index in [-0.39, 0.29) is 23.1 Å². The van der Waals surface area contributed by atoms with Crippen molar-refractivity contribution in [1.82, 2.24) is 9.80 Å². The van der Waals surface area contributed by atoms with Crippen molar-refractivity contribution in [2.75, 3.05) is 26.2 Å². The Morgan fingerprint density at radius 1 is 1.07 bits per heavy atom. The Kier molecular flexibility index (Phi) is 6.96. The number of piperidine rings is 2. The van der Waals surface area contributed by atoms with Crippen molar-refractivity contribution in [3.8, 4) is 0 Å². The third-order valence-electron chi connectivity index (χ3n) is 6.86. The summed E-state index contributed by atoms with van der Waals surface area (Å²) in [6, 6.07) is 0. The second kappa shape index (κ2) is 9.22. The minimum atomic E-state index is -0.413. The van der Waals surface area contributed by atoms with Crippen LogP contribution in [0.1, 0.15) is 71.1 Å². The average molecular weight is 377 g/mol. The number of nitrogens with zero attached hydrogens (tertiary/aromatic N) is 2. The predicted octanol–water partition coefficient (Wildman–Crippen LogP) is 3.13. The second-order valence-electron chi connectivity index (χ2n) is 8.79. The number of hydrogen-bond donors (Lipinski definition) is 1. The number of likely N-dealkylation sites (tertiary alicyclic amines) is 2. The molecule has 0 aromatic heterocycles. The molecule has 2 amide bonds. The summed E-state index contributed by atoms with van der Waals surface area (Å²) in [6.07, 6.45) is 12.9. The Balaban J connectivity index is 1.61. The summed E-state index contributed by atoms with van der Waals surface area (Å²) in [5.74, 6) is 0.670. The van der Waals surface area contributed by atoms with Gasteiger partial charge in [-0.15, -0.1) is 0 Å². The molecular weight excluding hydrogens is 340 g/mol. The number of allylic oxidation sites excluding steroid dienone is 2. The van der Waals surface area contributed by atoms with Gasteiger partial charge in [-0.1, -0.05) is 25.0 Å². The smallest absolute Gasteiger partial charge is 0.225 e. The van der Waals surface area contributed by atoms with Gasteiger partial charge >= 0.3 is 0 Å². The molecule has 0 radical (unpaired) electrons. The second-order valence-corrected chi connectivity index (χ2v) is 8.79. The highest BCUT2D eigenvalue weighted by Gasteiger charge is 2.47. The highest BCUT2D eigenvalue weighted by molar-refractivity contribution is 5.79. The van der Waals surface area contributed by atoms with Crippen LogP contribution in [-0.4, -0.2) is 59.0 Å². The number of aliphatic hydroxyl groups excluding tert-OH is 1. The quantitative estimate of drug-likeness (QED) is 0.592. The molecule has 1 unspecified atom stereocenters. The van der Waals surface area contributed by atoms with Crippen molar-refractivity contribution in [3.63, 3.8) is 0 Å². The highest BCUT2D eigenvalue weighted by Crippen LogP contribution is 2.40. The number of amides is 2. The van der Waals surface area contributed by atoms with Crippen molar-refractivity contribution < 1.29 is 14.7 Å². The summed E-state index contributed by atoms with van der Waals surface area (Å²) >= 11 is 0. The van der Waals surface area contributed by atoms with Gasteiger partial charge in [0, 0.05) is 43.9 Å². The van der Waals surface area contributed by atoms with E-state index in [4.69, 9.17) is 0 Å². The van der Waals surface area contributed by atoms with Gasteiger partial charge < -0.3 is 14.9 Å². The molecule has 0 aromatic rings. The summed E-state index contributed by atoms with van der Waals surface area (Å²) in [5, 5.41) is 10.8. The third kappa shape index (κ3) is 4.74. The number of hydrogen-bond acceptors (Lipinski definition) is 3. The third-order valence-corrected chi connectivity index (χ3v) is 6.86. The summed E-state index contributed by atoms with van der Waals surface area (Å²) in [6.45, 7) is 4.67. The van der Waals surface area contributed by atoms with Crippen molar-refractivity contribution in [2.24, 2.45) is 11.3 Å². The van der Waals surface area contributed by atoms with E-state index < -0.39 is 6.10 Å². The van der Waals surface area contributed by atoms with Gasteiger partial charge in [-0.05, 0) is 51.9 Å². The lowest BCUT2D eigenvalue weighted by atomic mass is 9.71. The molecule has 1 spiro atoms. The molecular formula is C22H36N2O3. The number of aliphatic hydroxyl groups is 1. The highest BCUT2D eigenvalue weighted by atomic mass is 16.3. The largest absolute Gasteiger partial charge is 0.392 e. The summed E-state index contributed by atoms with van der Waals surface area (Å²) in [4.78, 5) is 29.5. The monoisotopic (exact) mass is 376 g/mol. The molecule has 3 aliphatic rings. The zero-order valence-corrected chi connectivity index (χ0v) is 16.9. The standard InChI is InChI=1S/C22H36N2O3/c1-2-3-4-5-11-20(26)23-14-8-13-22(16-23)17-24(15-12-19(22)25)21(27)18-9-6-7-10-18/h2-3,18-19,25H,4-17H2,1H3/t19?,22-/m0/s1. The normalized spacial score (nSPS) is 29.8. The molecule has 152 valence electrons. The van der Waals surface area contributed by atoms with E-state index in [0.29, 0.717) is 32.5 Å². The first kappa shape index (κ1) is 20.4. The van der Waals surface area contributed by atoms with Crippen molar-refractivity contribution >= 4 is 11.8 Å². The molecule has 0 aromatic carbocycles. The minimum Gasteiger partial charge on any atom is -0.392 e. The molecule has 3 rings (SSSR count). The first-order valence-electron chi connectivity index (χ1n) is 10.9. The van der Waals surface area contributed by atoms with Gasteiger partial charge in [0.2, 0.25) is 11.8 Å². The van der Waals surface area contributed by atoms with Crippen molar-refractivity contribution in [1.29, 1.82) is 0 Å². The van der Waals surface area contributed by atoms with Crippen LogP contribution in [0.3, 0.4) is 0 Å². The van der Waals surface area contributed by atoms with Gasteiger partial charge in [0.25, 0.3) is 0 Å².